The molecule has 0 aromatic rings. The number of rotatable bonds is 0. The number of hydrogen-bond acceptors (Lipinski definition) is 5. The van der Waals surface area contributed by atoms with Crippen LogP contribution in [0.4, 0.5) is 0 Å². The zero-order valence-corrected chi connectivity index (χ0v) is 8.30. The summed E-state index contributed by atoms with van der Waals surface area (Å²) in [6.07, 6.45) is 0. The van der Waals surface area contributed by atoms with Crippen molar-refractivity contribution in [3.05, 3.63) is 0 Å². The summed E-state index contributed by atoms with van der Waals surface area (Å²) in [5.41, 5.74) is 0. The fourth-order valence-electron chi connectivity index (χ4n) is 0. The summed E-state index contributed by atoms with van der Waals surface area (Å²) in [6, 6.07) is 0. The minimum atomic E-state index is -4.67. The molecule has 0 aliphatic rings. The summed E-state index contributed by atoms with van der Waals surface area (Å²) in [6.45, 7) is 0. The molecule has 0 saturated carbocycles. The molecule has 0 unspecified atom stereocenters. The molecule has 0 atom stereocenters. The van der Waals surface area contributed by atoms with E-state index in [9.17, 15) is 0 Å². The summed E-state index contributed by atoms with van der Waals surface area (Å²) >= 11 is -3.11. The van der Waals surface area contributed by atoms with Gasteiger partial charge in [-0.25, -0.2) is 0 Å². The van der Waals surface area contributed by atoms with Crippen LogP contribution in [0.1, 0.15) is 0 Å². The molecular weight excluding hydrogens is 239 g/mol. The maximum absolute atomic E-state index is 8.74. The molecule has 11 heteroatoms. The van der Waals surface area contributed by atoms with Gasteiger partial charge < -0.3 is 9.11 Å². The zero-order chi connectivity index (χ0) is 8.08. The fourth-order valence-corrected chi connectivity index (χ4v) is 0. The Bertz CT molecular complexity index is 159. The minimum absolute atomic E-state index is 0. The Morgan fingerprint density at radius 1 is 1.18 bits per heavy atom. The van der Waals surface area contributed by atoms with Crippen molar-refractivity contribution >= 4 is 89.1 Å². The van der Waals surface area contributed by atoms with E-state index in [2.05, 4.69) is 0 Å². The molecule has 0 fully saturated rings. The van der Waals surface area contributed by atoms with Gasteiger partial charge in [-0.1, -0.05) is 0 Å². The third-order valence-electron chi connectivity index (χ3n) is 0. The molecule has 11 heavy (non-hydrogen) atoms. The van der Waals surface area contributed by atoms with Crippen molar-refractivity contribution < 1.29 is 30.8 Å². The van der Waals surface area contributed by atoms with Crippen molar-refractivity contribution in [3.8, 4) is 0 Å². The molecule has 60 valence electrons. The average molecular weight is 242 g/mol. The summed E-state index contributed by atoms with van der Waals surface area (Å²) < 4.78 is 56.9. The van der Waals surface area contributed by atoms with Gasteiger partial charge in [-0.15, -0.1) is 11.4 Å². The Balaban J connectivity index is -0.0000000383. The Morgan fingerprint density at radius 3 is 1.18 bits per heavy atom. The predicted octanol–water partition coefficient (Wildman–Crippen LogP) is -2.69. The normalized spacial score (nSPS) is 8.45. The first-order valence-corrected chi connectivity index (χ1v) is 3.60. The van der Waals surface area contributed by atoms with Crippen LogP contribution in [0, 0.1) is 0 Å². The molecular formula is H3CaNaO7S2. The molecule has 0 spiro atoms. The van der Waals surface area contributed by atoms with E-state index in [1.54, 1.807) is 0 Å². The van der Waals surface area contributed by atoms with Crippen LogP contribution in [-0.4, -0.2) is 98.1 Å². The Labute approximate surface area is 118 Å². The second kappa shape index (κ2) is 12.2. The molecule has 0 bridgehead atoms. The van der Waals surface area contributed by atoms with E-state index in [1.165, 1.54) is 0 Å². The van der Waals surface area contributed by atoms with Crippen LogP contribution in [0.15, 0.2) is 0 Å². The monoisotopic (exact) mass is 242 g/mol. The second-order valence-electron chi connectivity index (χ2n) is 0.652. The second-order valence-corrected chi connectivity index (χ2v) is 1.96. The van der Waals surface area contributed by atoms with E-state index in [0.717, 1.165) is 0 Å². The summed E-state index contributed by atoms with van der Waals surface area (Å²) in [4.78, 5) is 0. The van der Waals surface area contributed by atoms with Crippen LogP contribution < -0.4 is 0 Å². The molecule has 0 aliphatic heterocycles. The van der Waals surface area contributed by atoms with Crippen LogP contribution in [0.3, 0.4) is 0 Å². The van der Waals surface area contributed by atoms with Gasteiger partial charge in [-0.3, -0.25) is 13.3 Å². The van der Waals surface area contributed by atoms with Crippen molar-refractivity contribution in [2.75, 3.05) is 0 Å². The average Bonchev–Trinajstić information content (AvgIpc) is 1.19. The summed E-state index contributed by atoms with van der Waals surface area (Å²) in [5.74, 6) is 0. The first kappa shape index (κ1) is 23.2. The van der Waals surface area contributed by atoms with Crippen molar-refractivity contribution in [1.29, 1.82) is 0 Å². The van der Waals surface area contributed by atoms with Gasteiger partial charge >= 0.3 is 77.7 Å². The van der Waals surface area contributed by atoms with Gasteiger partial charge in [0.2, 0.25) is 0 Å². The Morgan fingerprint density at radius 2 is 1.18 bits per heavy atom. The molecule has 0 heterocycles. The molecule has 2 N–H and O–H groups in total. The molecule has 0 aromatic carbocycles. The van der Waals surface area contributed by atoms with E-state index in [1.807, 2.05) is 0 Å². The summed E-state index contributed by atoms with van der Waals surface area (Å²) in [7, 11) is -4.67. The topological polar surface area (TPSA) is 138 Å². The standard InChI is InChI=1S/Ca.Na.H2O4S.H2O3S.H/c;;1-5(2,3)4;1-4(2)3;/h;;(H2,1,2,3,4);(H2,1,2,3);/q+2;;;;/p-2. The molecule has 0 amide bonds. The Hall–Kier alpha value is 2.20. The van der Waals surface area contributed by atoms with Crippen LogP contribution in [-0.2, 0) is 21.8 Å². The van der Waals surface area contributed by atoms with Crippen LogP contribution in [0.2, 0.25) is 0 Å². The van der Waals surface area contributed by atoms with Crippen molar-refractivity contribution in [1.82, 2.24) is 0 Å². The zero-order valence-electron chi connectivity index (χ0n) is 4.46. The molecule has 0 rings (SSSR count). The van der Waals surface area contributed by atoms with E-state index in [-0.39, 0.29) is 67.3 Å². The third-order valence-corrected chi connectivity index (χ3v) is 0. The summed E-state index contributed by atoms with van der Waals surface area (Å²) in [5, 5.41) is 0. The van der Waals surface area contributed by atoms with Gasteiger partial charge in [0.1, 0.15) is 0 Å². The van der Waals surface area contributed by atoms with Gasteiger partial charge in [-0.2, -0.15) is 8.42 Å². The number of hydrogen-bond donors (Lipinski definition) is 2. The van der Waals surface area contributed by atoms with Crippen molar-refractivity contribution in [3.63, 3.8) is 0 Å². The maximum atomic E-state index is 8.74. The molecule has 0 aliphatic carbocycles. The molecule has 0 saturated heterocycles. The van der Waals surface area contributed by atoms with Crippen LogP contribution >= 0.6 is 0 Å². The molecule has 0 radical (unpaired) electrons. The quantitative estimate of drug-likeness (QED) is 0.268. The van der Waals surface area contributed by atoms with E-state index in [4.69, 9.17) is 30.8 Å². The molecule has 0 aromatic heterocycles. The van der Waals surface area contributed by atoms with Crippen LogP contribution in [0.5, 0.6) is 0 Å². The first-order chi connectivity index (χ1) is 3.73. The van der Waals surface area contributed by atoms with Gasteiger partial charge in [0.05, 0.1) is 0 Å². The third kappa shape index (κ3) is 262. The van der Waals surface area contributed by atoms with Crippen molar-refractivity contribution in [2.24, 2.45) is 0 Å². The molecule has 7 nitrogen and oxygen atoms in total. The predicted molar refractivity (Wildman–Crippen MR) is 36.8 cm³/mol. The van der Waals surface area contributed by atoms with Gasteiger partial charge in [0.15, 0.2) is 0 Å². The Kier molecular flexibility index (Phi) is 25.7. The SMILES string of the molecule is O=S(=O)(O)O.O=S([O-])[O-].[Ca+2].[NaH]. The van der Waals surface area contributed by atoms with E-state index >= 15 is 0 Å². The van der Waals surface area contributed by atoms with Gasteiger partial charge in [0.25, 0.3) is 0 Å². The van der Waals surface area contributed by atoms with Crippen molar-refractivity contribution in [2.45, 2.75) is 0 Å². The van der Waals surface area contributed by atoms with Gasteiger partial charge in [-0.05, 0) is 0 Å². The van der Waals surface area contributed by atoms with E-state index in [0.29, 0.717) is 0 Å². The van der Waals surface area contributed by atoms with Crippen LogP contribution in [0.25, 0.3) is 0 Å². The first-order valence-electron chi connectivity index (χ1n) is 1.20. The van der Waals surface area contributed by atoms with E-state index < -0.39 is 21.8 Å². The van der Waals surface area contributed by atoms with Gasteiger partial charge in [0, 0.05) is 0 Å². The fraction of sp³-hybridized carbons (Fsp3) is 0.